The third-order valence-corrected chi connectivity index (χ3v) is 5.20. The highest BCUT2D eigenvalue weighted by Gasteiger charge is 2.14. The number of hydrogen-bond acceptors (Lipinski definition) is 3. The molecule has 0 spiro atoms. The zero-order valence-electron chi connectivity index (χ0n) is 17.0. The van der Waals surface area contributed by atoms with Crippen LogP contribution in [-0.2, 0) is 4.79 Å². The summed E-state index contributed by atoms with van der Waals surface area (Å²) < 4.78 is 6.15. The topological polar surface area (TPSA) is 55.1 Å². The van der Waals surface area contributed by atoms with Crippen LogP contribution in [-0.4, -0.2) is 10.9 Å². The van der Waals surface area contributed by atoms with Crippen molar-refractivity contribution in [2.45, 2.75) is 6.92 Å². The minimum Gasteiger partial charge on any atom is -0.435 e. The summed E-state index contributed by atoms with van der Waals surface area (Å²) >= 11 is 0. The first kappa shape index (κ1) is 18.8. The fourth-order valence-corrected chi connectivity index (χ4v) is 3.57. The van der Waals surface area contributed by atoms with E-state index in [1.165, 1.54) is 11.6 Å². The molecule has 0 saturated carbocycles. The number of nitrogens with one attached hydrogen (secondary N) is 1. The summed E-state index contributed by atoms with van der Waals surface area (Å²) in [5.41, 5.74) is 5.07. The number of amides is 1. The molecule has 0 aliphatic carbocycles. The van der Waals surface area contributed by atoms with E-state index in [9.17, 15) is 4.79 Å². The van der Waals surface area contributed by atoms with Crippen LogP contribution >= 0.6 is 0 Å². The van der Waals surface area contributed by atoms with Crippen LogP contribution in [0, 0.1) is 6.92 Å². The number of aryl methyl sites for hydroxylation is 1. The van der Waals surface area contributed by atoms with Crippen LogP contribution in [0.4, 0.5) is 5.69 Å². The molecule has 31 heavy (non-hydrogen) atoms. The van der Waals surface area contributed by atoms with Crippen LogP contribution in [0.3, 0.4) is 0 Å². The maximum absolute atomic E-state index is 12.5. The molecule has 5 aromatic rings. The Labute approximate surface area is 179 Å². The molecule has 1 N–H and O–H groups in total. The number of anilines is 1. The lowest BCUT2D eigenvalue weighted by molar-refractivity contribution is -0.111. The first-order valence-electron chi connectivity index (χ1n) is 10.1. The minimum absolute atomic E-state index is 0.213. The van der Waals surface area contributed by atoms with E-state index < -0.39 is 0 Å². The Morgan fingerprint density at radius 3 is 2.55 bits per heavy atom. The van der Waals surface area contributed by atoms with E-state index in [4.69, 9.17) is 4.42 Å². The fourth-order valence-electron chi connectivity index (χ4n) is 3.57. The van der Waals surface area contributed by atoms with Gasteiger partial charge in [0.15, 0.2) is 5.58 Å². The average molecular weight is 404 g/mol. The molecule has 150 valence electrons. The molecular formula is C27H20N2O2. The molecule has 4 aromatic carbocycles. The molecule has 0 fully saturated rings. The zero-order valence-corrected chi connectivity index (χ0v) is 17.0. The molecule has 0 saturated heterocycles. The number of carbonyl (C=O) groups is 1. The van der Waals surface area contributed by atoms with Crippen LogP contribution in [0.2, 0.25) is 0 Å². The molecule has 4 heteroatoms. The molecule has 4 nitrogen and oxygen atoms in total. The van der Waals surface area contributed by atoms with Crippen molar-refractivity contribution in [3.63, 3.8) is 0 Å². The van der Waals surface area contributed by atoms with Gasteiger partial charge in [0.1, 0.15) is 5.52 Å². The van der Waals surface area contributed by atoms with Gasteiger partial charge in [0.2, 0.25) is 11.8 Å². The van der Waals surface area contributed by atoms with Gasteiger partial charge in [-0.1, -0.05) is 72.3 Å². The van der Waals surface area contributed by atoms with Crippen molar-refractivity contribution >= 4 is 39.5 Å². The van der Waals surface area contributed by atoms with Crippen molar-refractivity contribution in [1.82, 2.24) is 4.98 Å². The number of nitrogens with zero attached hydrogens (tertiary/aromatic N) is 1. The van der Waals surface area contributed by atoms with Gasteiger partial charge in [-0.3, -0.25) is 4.79 Å². The van der Waals surface area contributed by atoms with Crippen LogP contribution in [0.1, 0.15) is 11.1 Å². The number of benzene rings is 4. The smallest absolute Gasteiger partial charge is 0.248 e. The van der Waals surface area contributed by atoms with Crippen LogP contribution in [0.25, 0.3) is 39.4 Å². The Hall–Kier alpha value is -4.18. The Morgan fingerprint density at radius 2 is 1.68 bits per heavy atom. The van der Waals surface area contributed by atoms with E-state index in [-0.39, 0.29) is 5.91 Å². The number of carbonyl (C=O) groups excluding carboxylic acids is 1. The second-order valence-electron chi connectivity index (χ2n) is 7.43. The van der Waals surface area contributed by atoms with Gasteiger partial charge in [-0.15, -0.1) is 0 Å². The Morgan fingerprint density at radius 1 is 0.903 bits per heavy atom. The molecule has 1 heterocycles. The lowest BCUT2D eigenvalue weighted by Gasteiger charge is -2.06. The van der Waals surface area contributed by atoms with E-state index in [2.05, 4.69) is 10.3 Å². The first-order valence-corrected chi connectivity index (χ1v) is 10.1. The van der Waals surface area contributed by atoms with Gasteiger partial charge < -0.3 is 9.73 Å². The van der Waals surface area contributed by atoms with E-state index >= 15 is 0 Å². The van der Waals surface area contributed by atoms with E-state index in [1.54, 1.807) is 6.08 Å². The van der Waals surface area contributed by atoms with Gasteiger partial charge in [0.05, 0.1) is 11.3 Å². The fraction of sp³-hybridized carbons (Fsp3) is 0.0370. The Kier molecular flexibility index (Phi) is 4.81. The van der Waals surface area contributed by atoms with Crippen molar-refractivity contribution in [2.24, 2.45) is 0 Å². The predicted octanol–water partition coefficient (Wildman–Crippen LogP) is 6.61. The number of rotatable bonds is 4. The summed E-state index contributed by atoms with van der Waals surface area (Å²) in [5.74, 6) is 0.263. The summed E-state index contributed by atoms with van der Waals surface area (Å²) in [5, 5.41) is 5.06. The quantitative estimate of drug-likeness (QED) is 0.343. The minimum atomic E-state index is -0.213. The second kappa shape index (κ2) is 7.92. The van der Waals surface area contributed by atoms with E-state index in [0.717, 1.165) is 33.0 Å². The molecule has 1 aromatic heterocycles. The van der Waals surface area contributed by atoms with Gasteiger partial charge in [-0.05, 0) is 42.1 Å². The average Bonchev–Trinajstić information content (AvgIpc) is 3.24. The number of para-hydroxylation sites is 1. The van der Waals surface area contributed by atoms with Gasteiger partial charge in [-0.2, -0.15) is 0 Å². The highest BCUT2D eigenvalue weighted by molar-refractivity contribution is 6.05. The van der Waals surface area contributed by atoms with Crippen LogP contribution in [0.15, 0.2) is 95.4 Å². The number of fused-ring (bicyclic) bond motifs is 3. The zero-order chi connectivity index (χ0) is 21.2. The van der Waals surface area contributed by atoms with E-state index in [1.807, 2.05) is 91.9 Å². The first-order chi connectivity index (χ1) is 15.2. The molecule has 0 radical (unpaired) electrons. The third-order valence-electron chi connectivity index (χ3n) is 5.20. The van der Waals surface area contributed by atoms with Gasteiger partial charge in [0, 0.05) is 11.5 Å². The molecule has 0 unspecified atom stereocenters. The molecular weight excluding hydrogens is 384 g/mol. The second-order valence-corrected chi connectivity index (χ2v) is 7.43. The largest absolute Gasteiger partial charge is 0.435 e. The Balaban J connectivity index is 1.46. The molecule has 0 bridgehead atoms. The van der Waals surface area contributed by atoms with Crippen LogP contribution < -0.4 is 5.32 Å². The summed E-state index contributed by atoms with van der Waals surface area (Å²) in [6.07, 6.45) is 3.32. The van der Waals surface area contributed by atoms with Crippen molar-refractivity contribution < 1.29 is 9.21 Å². The van der Waals surface area contributed by atoms with Gasteiger partial charge in [0.25, 0.3) is 0 Å². The monoisotopic (exact) mass is 404 g/mol. The molecule has 0 atom stereocenters. The highest BCUT2D eigenvalue weighted by Crippen LogP contribution is 2.33. The number of oxazole rings is 1. The summed E-state index contributed by atoms with van der Waals surface area (Å²) in [4.78, 5) is 17.2. The molecule has 0 aliphatic heterocycles. The van der Waals surface area contributed by atoms with Crippen molar-refractivity contribution in [1.29, 1.82) is 0 Å². The van der Waals surface area contributed by atoms with Crippen molar-refractivity contribution in [3.05, 3.63) is 102 Å². The third kappa shape index (κ3) is 3.83. The summed E-state index contributed by atoms with van der Waals surface area (Å²) in [7, 11) is 0. The standard InChI is InChI=1S/C27H20N2O2/c1-18-10-12-19(13-11-18)14-17-25(30)28-23-9-5-4-8-22(23)27-29-24-16-15-20-6-2-3-7-21(20)26(24)31-27/h2-17H,1H3,(H,28,30). The SMILES string of the molecule is Cc1ccc(C=CC(=O)Nc2ccccc2-c2nc3ccc4ccccc4c3o2)cc1. The molecule has 1 amide bonds. The molecule has 0 aliphatic rings. The van der Waals surface area contributed by atoms with Crippen molar-refractivity contribution in [2.75, 3.05) is 5.32 Å². The summed E-state index contributed by atoms with van der Waals surface area (Å²) in [6.45, 7) is 2.03. The molecule has 5 rings (SSSR count). The highest BCUT2D eigenvalue weighted by atomic mass is 16.3. The van der Waals surface area contributed by atoms with Gasteiger partial charge >= 0.3 is 0 Å². The van der Waals surface area contributed by atoms with Crippen LogP contribution in [0.5, 0.6) is 0 Å². The lowest BCUT2D eigenvalue weighted by atomic mass is 10.1. The number of hydrogen-bond donors (Lipinski definition) is 1. The summed E-state index contributed by atoms with van der Waals surface area (Å²) in [6, 6.07) is 27.6. The van der Waals surface area contributed by atoms with E-state index in [0.29, 0.717) is 11.6 Å². The predicted molar refractivity (Wildman–Crippen MR) is 126 cm³/mol. The maximum Gasteiger partial charge on any atom is 0.248 e. The Bertz CT molecular complexity index is 1430. The maximum atomic E-state index is 12.5. The lowest BCUT2D eigenvalue weighted by Crippen LogP contribution is -2.08. The normalized spacial score (nSPS) is 11.4. The number of aromatic nitrogens is 1. The van der Waals surface area contributed by atoms with Gasteiger partial charge in [-0.25, -0.2) is 4.98 Å². The van der Waals surface area contributed by atoms with Crippen molar-refractivity contribution in [3.8, 4) is 11.5 Å².